The minimum Gasteiger partial charge on any atom is -1.00 e. The second kappa shape index (κ2) is 44.7. The summed E-state index contributed by atoms with van der Waals surface area (Å²) in [6, 6.07) is 40.4. The Labute approximate surface area is 618 Å². The number of anilines is 10. The number of nitriles is 3. The summed E-state index contributed by atoms with van der Waals surface area (Å²) in [6.45, 7) is 15.0. The molecule has 10 rings (SSSR count). The topological polar surface area (TPSA) is 340 Å². The molecule has 30 heteroatoms. The van der Waals surface area contributed by atoms with Crippen molar-refractivity contribution in [1.29, 1.82) is 15.8 Å². The molecule has 0 atom stereocenters. The maximum atomic E-state index is 9.12. The van der Waals surface area contributed by atoms with Crippen LogP contribution in [0.25, 0.3) is 0 Å². The molecule has 23 nitrogen and oxygen atoms in total. The molecule has 5 aromatic carbocycles. The number of halogens is 5. The van der Waals surface area contributed by atoms with Crippen molar-refractivity contribution in [2.24, 2.45) is 0 Å². The number of nitrogens with zero attached hydrogens (tertiary/aromatic N) is 13. The van der Waals surface area contributed by atoms with Crippen molar-refractivity contribution in [3.05, 3.63) is 187 Å². The molecule has 94 heavy (non-hydrogen) atoms. The van der Waals surface area contributed by atoms with Crippen molar-refractivity contribution in [3.63, 3.8) is 0 Å². The SMILES string of the molecule is Cc1ccc(N)cc1CC#N.Cc1ccc(Nc2ccnc(Cl)n2)cc1CC#N.Cc1ccc(Nc2ccnc(Nc3ccc(N4CCN(CCO)CC4)c(Cl)c3)n2)cc1CC#N.Clc1ccnc(Cl)n1.Nc1ccc(N2CCN(CCO)CC2)c(Cl)c1.O=CO[O-].[H-].[Na+].[Na+]. The van der Waals surface area contributed by atoms with Gasteiger partial charge < -0.3 is 59.0 Å². The standard InChI is InChI=1S/C25H28ClN7O.C13H11ClN4.C12H18ClN3O.C9H10N2.C4H2Cl2N2.CH2O3.2Na.H/c1-18-2-3-20(16-19(18)6-8-27)29-24-7-9-28-25(31-24)30-21-4-5-23(22(26)17-21)33-12-10-32(11-13-33)14-15-34;1-9-2-3-11(8-10(9)4-6-15)17-12-5-7-16-13(14)18-12;13-11-9-10(14)1-2-12(11)16-5-3-15(4-6-16)7-8-17;1-7-2-3-9(11)6-8(7)4-5-10;5-3-1-2-7-4(6)8-3;2-1-4-3;;;/h2-5,7,9,16-17,34H,6,10-15H2,1H3,(H2,28,29,30,31);2-3,5,7-8H,4H2,1H3,(H,16,17,18);1-2,9,17H,3-8,14H2;2-3,6H,4,11H2,1H3;1-2H;1,3H;;;/q;;;;;;2*+1;-1/p-1. The van der Waals surface area contributed by atoms with Crippen LogP contribution in [-0.4, -0.2) is 135 Å². The summed E-state index contributed by atoms with van der Waals surface area (Å²) in [5.74, 6) is 1.73. The molecule has 9 N–H and O–H groups in total. The van der Waals surface area contributed by atoms with Gasteiger partial charge in [0.05, 0.1) is 72.1 Å². The van der Waals surface area contributed by atoms with E-state index in [4.69, 9.17) is 106 Å². The van der Waals surface area contributed by atoms with Crippen LogP contribution in [0, 0.1) is 54.8 Å². The Balaban J connectivity index is 0.000000429. The average Bonchev–Trinajstić information content (AvgIpc) is 0.993. The summed E-state index contributed by atoms with van der Waals surface area (Å²) in [4.78, 5) is 44.2. The Bertz CT molecular complexity index is 3750. The van der Waals surface area contributed by atoms with E-state index in [9.17, 15) is 0 Å². The smallest absolute Gasteiger partial charge is 1.00 e. The van der Waals surface area contributed by atoms with E-state index in [-0.39, 0.29) is 90.8 Å². The molecular weight excluding hydrogens is 1320 g/mol. The van der Waals surface area contributed by atoms with Gasteiger partial charge in [-0.05, 0) is 168 Å². The summed E-state index contributed by atoms with van der Waals surface area (Å²) in [6.07, 6.45) is 5.97. The maximum Gasteiger partial charge on any atom is 1.00 e. The Morgan fingerprint density at radius 3 is 1.36 bits per heavy atom. The van der Waals surface area contributed by atoms with Gasteiger partial charge in [-0.25, -0.2) is 24.9 Å². The van der Waals surface area contributed by atoms with Crippen LogP contribution >= 0.6 is 58.0 Å². The first-order valence-corrected chi connectivity index (χ1v) is 30.4. The first-order valence-electron chi connectivity index (χ1n) is 28.5. The molecule has 8 aromatic rings. The van der Waals surface area contributed by atoms with Crippen LogP contribution in [0.2, 0.25) is 25.8 Å². The molecule has 3 aromatic heterocycles. The zero-order valence-corrected chi connectivity index (χ0v) is 60.6. The number of aliphatic hydroxyl groups is 2. The van der Waals surface area contributed by atoms with Crippen LogP contribution in [0.15, 0.2) is 128 Å². The number of nitrogens with one attached hydrogen (secondary N) is 3. The number of benzene rings is 5. The number of hydrogen-bond donors (Lipinski definition) is 7. The normalized spacial score (nSPS) is 12.2. The van der Waals surface area contributed by atoms with Gasteiger partial charge in [-0.3, -0.25) is 14.6 Å². The Hall–Kier alpha value is -6.87. The van der Waals surface area contributed by atoms with Gasteiger partial charge in [-0.15, -0.1) is 0 Å². The first kappa shape index (κ1) is 81.4. The van der Waals surface area contributed by atoms with Crippen LogP contribution in [0.1, 0.15) is 34.8 Å². The summed E-state index contributed by atoms with van der Waals surface area (Å²) >= 11 is 29.3. The number of carbonyl (C=O) groups is 1. The number of hydrogen-bond acceptors (Lipinski definition) is 23. The third kappa shape index (κ3) is 29.0. The van der Waals surface area contributed by atoms with Gasteiger partial charge in [0.2, 0.25) is 16.5 Å². The predicted molar refractivity (Wildman–Crippen MR) is 364 cm³/mol. The number of aliphatic hydroxyl groups excluding tert-OH is 2. The van der Waals surface area contributed by atoms with Crippen molar-refractivity contribution < 1.29 is 85.7 Å². The van der Waals surface area contributed by atoms with E-state index in [0.29, 0.717) is 64.3 Å². The van der Waals surface area contributed by atoms with E-state index in [1.165, 1.54) is 6.20 Å². The van der Waals surface area contributed by atoms with Crippen LogP contribution < -0.4 is 102 Å². The Morgan fingerprint density at radius 2 is 0.936 bits per heavy atom. The minimum atomic E-state index is -0.181. The van der Waals surface area contributed by atoms with Crippen molar-refractivity contribution in [3.8, 4) is 18.2 Å². The van der Waals surface area contributed by atoms with Crippen molar-refractivity contribution >= 4 is 122 Å². The predicted octanol–water partition coefficient (Wildman–Crippen LogP) is 4.37. The van der Waals surface area contributed by atoms with Crippen molar-refractivity contribution in [2.45, 2.75) is 40.0 Å². The Morgan fingerprint density at radius 1 is 0.543 bits per heavy atom. The molecule has 0 unspecified atom stereocenters. The number of piperazine rings is 2. The monoisotopic (exact) mass is 1390 g/mol. The van der Waals surface area contributed by atoms with Gasteiger partial charge in [-0.2, -0.15) is 20.8 Å². The van der Waals surface area contributed by atoms with Crippen molar-refractivity contribution in [1.82, 2.24) is 39.7 Å². The van der Waals surface area contributed by atoms with Gasteiger partial charge in [0.25, 0.3) is 6.47 Å². The number of carbonyl (C=O) groups excluding carboxylic acids is 1. The number of rotatable bonds is 16. The van der Waals surface area contributed by atoms with E-state index in [1.54, 1.807) is 36.7 Å². The average molecular weight is 1400 g/mol. The quantitative estimate of drug-likeness (QED) is 0.0134. The first-order chi connectivity index (χ1) is 44.4. The third-order valence-electron chi connectivity index (χ3n) is 13.8. The fourth-order valence-electron chi connectivity index (χ4n) is 8.98. The van der Waals surface area contributed by atoms with Gasteiger partial charge >= 0.3 is 59.1 Å². The fourth-order valence-corrected chi connectivity index (χ4v) is 10.1. The Kier molecular flexibility index (Phi) is 38.7. The van der Waals surface area contributed by atoms with E-state index in [0.717, 1.165) is 126 Å². The van der Waals surface area contributed by atoms with Gasteiger partial charge in [-0.1, -0.05) is 53.0 Å². The molecule has 5 heterocycles. The molecule has 0 radical (unpaired) electrons. The van der Waals surface area contributed by atoms with E-state index in [1.807, 2.05) is 106 Å². The van der Waals surface area contributed by atoms with Crippen molar-refractivity contribution in [2.75, 3.05) is 116 Å². The van der Waals surface area contributed by atoms with E-state index >= 15 is 0 Å². The van der Waals surface area contributed by atoms with Gasteiger partial charge in [0.15, 0.2) is 0 Å². The van der Waals surface area contributed by atoms with E-state index < -0.39 is 0 Å². The largest absolute Gasteiger partial charge is 1.00 e. The minimum absolute atomic E-state index is 0. The summed E-state index contributed by atoms with van der Waals surface area (Å²) in [5.41, 5.74) is 23.6. The molecule has 0 saturated carbocycles. The number of aromatic nitrogens is 6. The maximum absolute atomic E-state index is 9.12. The van der Waals surface area contributed by atoms with Crippen LogP contribution in [0.3, 0.4) is 0 Å². The van der Waals surface area contributed by atoms with Crippen LogP contribution in [0.5, 0.6) is 0 Å². The number of β-amino-alcohol motifs (C(OH)–C–C–N with tert-alkyl or cyclic N) is 2. The number of aryl methyl sites for hydroxylation is 3. The zero-order valence-electron chi connectivity index (χ0n) is 53.8. The van der Waals surface area contributed by atoms with Crippen LogP contribution in [0.4, 0.5) is 57.4 Å². The van der Waals surface area contributed by atoms with Gasteiger partial charge in [0, 0.05) is 112 Å². The molecular formula is C64H71Cl5N18Na2O5. The fraction of sp³-hybridized carbons (Fsp3) is 0.281. The zero-order chi connectivity index (χ0) is 66.8. The molecule has 484 valence electrons. The third-order valence-corrected chi connectivity index (χ3v) is 15.0. The molecule has 0 spiro atoms. The summed E-state index contributed by atoms with van der Waals surface area (Å²) in [5, 5.41) is 64.4. The molecule has 2 saturated heterocycles. The molecule has 0 bridgehead atoms. The second-order valence-electron chi connectivity index (χ2n) is 20.1. The van der Waals surface area contributed by atoms with Gasteiger partial charge in [0.1, 0.15) is 16.8 Å². The second-order valence-corrected chi connectivity index (χ2v) is 22.0. The van der Waals surface area contributed by atoms with E-state index in [2.05, 4.69) is 88.5 Å². The summed E-state index contributed by atoms with van der Waals surface area (Å²) in [7, 11) is 0. The summed E-state index contributed by atoms with van der Waals surface area (Å²) < 4.78 is 0. The molecule has 2 fully saturated rings. The number of nitrogen functional groups attached to an aromatic ring is 2. The molecule has 0 amide bonds. The van der Waals surface area contributed by atoms with Crippen LogP contribution in [-0.2, 0) is 28.9 Å². The molecule has 2 aliphatic rings. The molecule has 2 aliphatic heterocycles. The molecule has 0 aliphatic carbocycles. The number of nitrogens with two attached hydrogens (primary N) is 2.